The van der Waals surface area contributed by atoms with Crippen LogP contribution in [-0.4, -0.2) is 44.7 Å². The van der Waals surface area contributed by atoms with Crippen LogP contribution in [0.2, 0.25) is 0 Å². The zero-order valence-electron chi connectivity index (χ0n) is 14.3. The molecule has 1 aliphatic heterocycles. The molecule has 0 radical (unpaired) electrons. The Labute approximate surface area is 130 Å². The fourth-order valence-corrected chi connectivity index (χ4v) is 3.07. The number of aryl methyl sites for hydroxylation is 1. The number of hydrogen-bond acceptors (Lipinski definition) is 3. The van der Waals surface area contributed by atoms with Gasteiger partial charge in [-0.15, -0.1) is 0 Å². The van der Waals surface area contributed by atoms with Gasteiger partial charge >= 0.3 is 0 Å². The van der Waals surface area contributed by atoms with Gasteiger partial charge < -0.3 is 15.1 Å². The van der Waals surface area contributed by atoms with Crippen molar-refractivity contribution in [1.29, 1.82) is 0 Å². The summed E-state index contributed by atoms with van der Waals surface area (Å²) < 4.78 is 0. The Morgan fingerprint density at radius 1 is 1.33 bits per heavy atom. The summed E-state index contributed by atoms with van der Waals surface area (Å²) >= 11 is 0. The van der Waals surface area contributed by atoms with E-state index in [0.717, 1.165) is 19.6 Å². The van der Waals surface area contributed by atoms with Gasteiger partial charge in [-0.05, 0) is 57.1 Å². The number of rotatable bonds is 6. The molecule has 2 rings (SSSR count). The van der Waals surface area contributed by atoms with Gasteiger partial charge in [0.15, 0.2) is 0 Å². The first kappa shape index (κ1) is 16.3. The quantitative estimate of drug-likeness (QED) is 0.869. The molecule has 1 aliphatic rings. The number of nitrogens with one attached hydrogen (secondary N) is 1. The standard InChI is InChI=1S/C18H31N3/c1-14(2)11-19-12-16-6-7-18(15(3)10-16)21-9-8-17(13-21)20(4)5/h6-7,10,14,17,19H,8-9,11-13H2,1-5H3. The van der Waals surface area contributed by atoms with E-state index < -0.39 is 0 Å². The molecule has 0 bridgehead atoms. The highest BCUT2D eigenvalue weighted by molar-refractivity contribution is 5.55. The second kappa shape index (κ2) is 7.28. The predicted molar refractivity (Wildman–Crippen MR) is 92.0 cm³/mol. The lowest BCUT2D eigenvalue weighted by Crippen LogP contribution is -2.31. The van der Waals surface area contributed by atoms with Gasteiger partial charge in [0.25, 0.3) is 0 Å². The van der Waals surface area contributed by atoms with Crippen LogP contribution in [0.4, 0.5) is 5.69 Å². The lowest BCUT2D eigenvalue weighted by molar-refractivity contribution is 0.315. The highest BCUT2D eigenvalue weighted by atomic mass is 15.2. The summed E-state index contributed by atoms with van der Waals surface area (Å²) in [7, 11) is 4.37. The van der Waals surface area contributed by atoms with E-state index in [2.05, 4.69) is 68.2 Å². The lowest BCUT2D eigenvalue weighted by atomic mass is 10.1. The topological polar surface area (TPSA) is 18.5 Å². The highest BCUT2D eigenvalue weighted by Gasteiger charge is 2.24. The van der Waals surface area contributed by atoms with Crippen molar-refractivity contribution in [2.45, 2.75) is 39.8 Å². The van der Waals surface area contributed by atoms with Crippen molar-refractivity contribution in [3.63, 3.8) is 0 Å². The van der Waals surface area contributed by atoms with E-state index in [9.17, 15) is 0 Å². The normalized spacial score (nSPS) is 19.0. The molecule has 0 amide bonds. The average Bonchev–Trinajstić information content (AvgIpc) is 2.88. The van der Waals surface area contributed by atoms with Crippen LogP contribution in [0, 0.1) is 12.8 Å². The molecule has 3 nitrogen and oxygen atoms in total. The number of benzene rings is 1. The van der Waals surface area contributed by atoms with Crippen LogP contribution in [0.3, 0.4) is 0 Å². The van der Waals surface area contributed by atoms with Gasteiger partial charge in [0.1, 0.15) is 0 Å². The van der Waals surface area contributed by atoms with E-state index in [4.69, 9.17) is 0 Å². The van der Waals surface area contributed by atoms with Crippen LogP contribution in [0.25, 0.3) is 0 Å². The van der Waals surface area contributed by atoms with Crippen LogP contribution < -0.4 is 10.2 Å². The smallest absolute Gasteiger partial charge is 0.0396 e. The SMILES string of the molecule is Cc1cc(CNCC(C)C)ccc1N1CCC(N(C)C)C1. The molecule has 0 spiro atoms. The average molecular weight is 289 g/mol. The van der Waals surface area contributed by atoms with Crippen LogP contribution >= 0.6 is 0 Å². The first-order chi connectivity index (χ1) is 9.97. The van der Waals surface area contributed by atoms with Crippen molar-refractivity contribution < 1.29 is 0 Å². The summed E-state index contributed by atoms with van der Waals surface area (Å²) in [5.41, 5.74) is 4.20. The van der Waals surface area contributed by atoms with Crippen molar-refractivity contribution in [2.24, 2.45) is 5.92 Å². The molecule has 1 atom stereocenters. The number of anilines is 1. The molecule has 1 heterocycles. The fraction of sp³-hybridized carbons (Fsp3) is 0.667. The second-order valence-corrected chi connectivity index (χ2v) is 7.00. The van der Waals surface area contributed by atoms with E-state index in [1.54, 1.807) is 0 Å². The molecule has 0 aliphatic carbocycles. The number of nitrogens with zero attached hydrogens (tertiary/aromatic N) is 2. The molecular formula is C18H31N3. The third-order valence-electron chi connectivity index (χ3n) is 4.38. The zero-order valence-corrected chi connectivity index (χ0v) is 14.3. The summed E-state index contributed by atoms with van der Waals surface area (Å²) in [5, 5.41) is 3.52. The Morgan fingerprint density at radius 3 is 2.67 bits per heavy atom. The lowest BCUT2D eigenvalue weighted by Gasteiger charge is -2.23. The number of hydrogen-bond donors (Lipinski definition) is 1. The summed E-state index contributed by atoms with van der Waals surface area (Å²) in [6, 6.07) is 7.61. The van der Waals surface area contributed by atoms with Gasteiger partial charge in [0.05, 0.1) is 0 Å². The van der Waals surface area contributed by atoms with E-state index in [-0.39, 0.29) is 0 Å². The minimum atomic E-state index is 0.691. The number of likely N-dealkylation sites (N-methyl/N-ethyl adjacent to an activating group) is 1. The molecule has 21 heavy (non-hydrogen) atoms. The van der Waals surface area contributed by atoms with E-state index >= 15 is 0 Å². The molecule has 1 fully saturated rings. The fourth-order valence-electron chi connectivity index (χ4n) is 3.07. The van der Waals surface area contributed by atoms with Crippen LogP contribution in [0.1, 0.15) is 31.4 Å². The summed E-state index contributed by atoms with van der Waals surface area (Å²) in [6.07, 6.45) is 1.27. The zero-order chi connectivity index (χ0) is 15.4. The van der Waals surface area contributed by atoms with Gasteiger partial charge in [-0.2, -0.15) is 0 Å². The first-order valence-corrected chi connectivity index (χ1v) is 8.19. The van der Waals surface area contributed by atoms with Crippen LogP contribution in [0.15, 0.2) is 18.2 Å². The largest absolute Gasteiger partial charge is 0.370 e. The van der Waals surface area contributed by atoms with E-state index in [0.29, 0.717) is 12.0 Å². The van der Waals surface area contributed by atoms with Gasteiger partial charge in [-0.3, -0.25) is 0 Å². The van der Waals surface area contributed by atoms with Crippen molar-refractivity contribution in [3.05, 3.63) is 29.3 Å². The van der Waals surface area contributed by atoms with Crippen molar-refractivity contribution in [3.8, 4) is 0 Å². The van der Waals surface area contributed by atoms with Crippen molar-refractivity contribution >= 4 is 5.69 Å². The third-order valence-corrected chi connectivity index (χ3v) is 4.38. The van der Waals surface area contributed by atoms with E-state index in [1.807, 2.05) is 0 Å². The maximum absolute atomic E-state index is 3.52. The van der Waals surface area contributed by atoms with Crippen molar-refractivity contribution in [1.82, 2.24) is 10.2 Å². The summed E-state index contributed by atoms with van der Waals surface area (Å²) in [5.74, 6) is 0.706. The Kier molecular flexibility index (Phi) is 5.65. The molecule has 1 aromatic carbocycles. The third kappa shape index (κ3) is 4.45. The predicted octanol–water partition coefficient (Wildman–Crippen LogP) is 2.88. The Morgan fingerprint density at radius 2 is 2.10 bits per heavy atom. The van der Waals surface area contributed by atoms with Gasteiger partial charge in [0.2, 0.25) is 0 Å². The van der Waals surface area contributed by atoms with Crippen LogP contribution in [0.5, 0.6) is 0 Å². The Balaban J connectivity index is 1.96. The Hall–Kier alpha value is -1.06. The first-order valence-electron chi connectivity index (χ1n) is 8.19. The molecular weight excluding hydrogens is 258 g/mol. The molecule has 0 aromatic heterocycles. The molecule has 1 saturated heterocycles. The van der Waals surface area contributed by atoms with Crippen molar-refractivity contribution in [2.75, 3.05) is 38.6 Å². The molecule has 3 heteroatoms. The molecule has 118 valence electrons. The van der Waals surface area contributed by atoms with Crippen LogP contribution in [-0.2, 0) is 6.54 Å². The molecule has 1 unspecified atom stereocenters. The second-order valence-electron chi connectivity index (χ2n) is 7.00. The monoisotopic (exact) mass is 289 g/mol. The van der Waals surface area contributed by atoms with Gasteiger partial charge in [-0.1, -0.05) is 26.0 Å². The van der Waals surface area contributed by atoms with Gasteiger partial charge in [-0.25, -0.2) is 0 Å². The molecule has 1 aromatic rings. The molecule has 0 saturated carbocycles. The van der Waals surface area contributed by atoms with Gasteiger partial charge in [0, 0.05) is 31.4 Å². The maximum Gasteiger partial charge on any atom is 0.0396 e. The highest BCUT2D eigenvalue weighted by Crippen LogP contribution is 2.26. The minimum Gasteiger partial charge on any atom is -0.370 e. The summed E-state index contributed by atoms with van der Waals surface area (Å²) in [4.78, 5) is 4.88. The minimum absolute atomic E-state index is 0.691. The maximum atomic E-state index is 3.52. The summed E-state index contributed by atoms with van der Waals surface area (Å²) in [6.45, 7) is 11.1. The molecule has 1 N–H and O–H groups in total. The van der Waals surface area contributed by atoms with E-state index in [1.165, 1.54) is 29.8 Å². The Bertz CT molecular complexity index is 454.